The molecule has 1 aliphatic heterocycles. The molecule has 4 aromatic rings. The van der Waals surface area contributed by atoms with Crippen molar-refractivity contribution in [1.82, 2.24) is 19.3 Å². The van der Waals surface area contributed by atoms with Gasteiger partial charge in [-0.15, -0.1) is 0 Å². The minimum Gasteiger partial charge on any atom is -0.369 e. The number of nitrogens with one attached hydrogen (secondary N) is 1. The standard InChI is InChI=1S/C24H22FN5O/c25-20-7-3-6-18(14-20)23-24(30-13-11-26-15-21(30)28-23)27-10-8-22(31)29-12-9-17-4-1-2-5-19(17)16-29/h1-7,11,13-15,27H,8-10,12,16H2. The van der Waals surface area contributed by atoms with E-state index in [0.29, 0.717) is 36.4 Å². The summed E-state index contributed by atoms with van der Waals surface area (Å²) >= 11 is 0. The number of halogens is 1. The van der Waals surface area contributed by atoms with Crippen molar-refractivity contribution in [2.45, 2.75) is 19.4 Å². The van der Waals surface area contributed by atoms with E-state index in [1.54, 1.807) is 24.7 Å². The Kier molecular flexibility index (Phi) is 5.08. The lowest BCUT2D eigenvalue weighted by Crippen LogP contribution is -2.36. The number of anilines is 1. The lowest BCUT2D eigenvalue weighted by Gasteiger charge is -2.29. The van der Waals surface area contributed by atoms with Crippen molar-refractivity contribution in [3.05, 3.63) is 84.1 Å². The van der Waals surface area contributed by atoms with Crippen LogP contribution in [0.25, 0.3) is 16.9 Å². The third-order valence-electron chi connectivity index (χ3n) is 5.64. The monoisotopic (exact) mass is 415 g/mol. The summed E-state index contributed by atoms with van der Waals surface area (Å²) in [6.45, 7) is 1.85. The first-order valence-electron chi connectivity index (χ1n) is 10.4. The maximum absolute atomic E-state index is 13.8. The highest BCUT2D eigenvalue weighted by molar-refractivity contribution is 5.79. The normalized spacial score (nSPS) is 13.3. The van der Waals surface area contributed by atoms with E-state index >= 15 is 0 Å². The van der Waals surface area contributed by atoms with E-state index in [1.165, 1.54) is 23.3 Å². The highest BCUT2D eigenvalue weighted by Gasteiger charge is 2.20. The number of carbonyl (C=O) groups excluding carboxylic acids is 1. The molecule has 1 aliphatic rings. The number of nitrogens with zero attached hydrogens (tertiary/aromatic N) is 4. The van der Waals surface area contributed by atoms with E-state index in [4.69, 9.17) is 0 Å². The molecule has 31 heavy (non-hydrogen) atoms. The molecule has 0 unspecified atom stereocenters. The number of fused-ring (bicyclic) bond motifs is 2. The van der Waals surface area contributed by atoms with Gasteiger partial charge >= 0.3 is 0 Å². The molecule has 5 rings (SSSR count). The van der Waals surface area contributed by atoms with Gasteiger partial charge in [0.25, 0.3) is 0 Å². The average Bonchev–Trinajstić information content (AvgIpc) is 3.17. The number of amides is 1. The van der Waals surface area contributed by atoms with Crippen LogP contribution in [0.2, 0.25) is 0 Å². The average molecular weight is 415 g/mol. The number of aromatic nitrogens is 3. The number of hydrogen-bond donors (Lipinski definition) is 1. The summed E-state index contributed by atoms with van der Waals surface area (Å²) < 4.78 is 15.7. The lowest BCUT2D eigenvalue weighted by molar-refractivity contribution is -0.131. The van der Waals surface area contributed by atoms with Gasteiger partial charge in [0.15, 0.2) is 5.65 Å². The minimum absolute atomic E-state index is 0.116. The van der Waals surface area contributed by atoms with Crippen molar-refractivity contribution in [2.75, 3.05) is 18.4 Å². The molecule has 0 saturated heterocycles. The molecule has 1 N–H and O–H groups in total. The molecule has 1 amide bonds. The van der Waals surface area contributed by atoms with E-state index in [9.17, 15) is 9.18 Å². The van der Waals surface area contributed by atoms with Gasteiger partial charge in [-0.25, -0.2) is 9.37 Å². The Hall–Kier alpha value is -3.74. The van der Waals surface area contributed by atoms with Crippen LogP contribution in [0.4, 0.5) is 10.2 Å². The fourth-order valence-corrected chi connectivity index (χ4v) is 4.07. The van der Waals surface area contributed by atoms with Crippen LogP contribution >= 0.6 is 0 Å². The zero-order valence-electron chi connectivity index (χ0n) is 17.0. The molecule has 7 heteroatoms. The van der Waals surface area contributed by atoms with Gasteiger partial charge in [0.1, 0.15) is 17.3 Å². The molecule has 6 nitrogen and oxygen atoms in total. The second-order valence-corrected chi connectivity index (χ2v) is 7.63. The summed E-state index contributed by atoms with van der Waals surface area (Å²) in [5.41, 5.74) is 4.50. The summed E-state index contributed by atoms with van der Waals surface area (Å²) in [4.78, 5) is 23.4. The quantitative estimate of drug-likeness (QED) is 0.537. The van der Waals surface area contributed by atoms with Gasteiger partial charge in [0.2, 0.25) is 5.91 Å². The van der Waals surface area contributed by atoms with Crippen molar-refractivity contribution in [3.8, 4) is 11.3 Å². The lowest BCUT2D eigenvalue weighted by atomic mass is 10.00. The van der Waals surface area contributed by atoms with Gasteiger partial charge in [-0.2, -0.15) is 0 Å². The van der Waals surface area contributed by atoms with E-state index in [0.717, 1.165) is 18.8 Å². The Labute approximate surface area is 179 Å². The van der Waals surface area contributed by atoms with E-state index < -0.39 is 0 Å². The van der Waals surface area contributed by atoms with Gasteiger partial charge in [0, 0.05) is 44.0 Å². The fraction of sp³-hybridized carbons (Fsp3) is 0.208. The molecule has 3 heterocycles. The Morgan fingerprint density at radius 3 is 2.87 bits per heavy atom. The smallest absolute Gasteiger partial charge is 0.224 e. The SMILES string of the molecule is O=C(CCNc1c(-c2cccc(F)c2)nc2cnccn12)N1CCc2ccccc2C1. The molecule has 0 spiro atoms. The van der Waals surface area contributed by atoms with Crippen molar-refractivity contribution in [2.24, 2.45) is 0 Å². The van der Waals surface area contributed by atoms with Crippen LogP contribution in [0.15, 0.2) is 67.1 Å². The van der Waals surface area contributed by atoms with Crippen LogP contribution < -0.4 is 5.32 Å². The summed E-state index contributed by atoms with van der Waals surface area (Å²) in [5, 5.41) is 3.35. The second kappa shape index (κ2) is 8.18. The zero-order chi connectivity index (χ0) is 21.2. The fourth-order valence-electron chi connectivity index (χ4n) is 4.07. The Morgan fingerprint density at radius 2 is 2.00 bits per heavy atom. The molecule has 0 radical (unpaired) electrons. The van der Waals surface area contributed by atoms with Crippen molar-refractivity contribution < 1.29 is 9.18 Å². The van der Waals surface area contributed by atoms with Crippen molar-refractivity contribution in [3.63, 3.8) is 0 Å². The largest absolute Gasteiger partial charge is 0.369 e. The predicted octanol–water partition coefficient (Wildman–Crippen LogP) is 3.92. The number of carbonyl (C=O) groups is 1. The van der Waals surface area contributed by atoms with Gasteiger partial charge < -0.3 is 10.2 Å². The Balaban J connectivity index is 1.32. The predicted molar refractivity (Wildman–Crippen MR) is 117 cm³/mol. The maximum atomic E-state index is 13.8. The van der Waals surface area contributed by atoms with Gasteiger partial charge in [-0.05, 0) is 29.7 Å². The number of rotatable bonds is 5. The van der Waals surface area contributed by atoms with E-state index in [1.807, 2.05) is 27.5 Å². The number of benzene rings is 2. The maximum Gasteiger partial charge on any atom is 0.224 e. The number of imidazole rings is 1. The summed E-state index contributed by atoms with van der Waals surface area (Å²) in [5.74, 6) is 0.517. The molecule has 0 fully saturated rings. The topological polar surface area (TPSA) is 62.5 Å². The summed E-state index contributed by atoms with van der Waals surface area (Å²) in [6.07, 6.45) is 6.38. The molecule has 2 aromatic heterocycles. The van der Waals surface area contributed by atoms with Crippen molar-refractivity contribution >= 4 is 17.4 Å². The first kappa shape index (κ1) is 19.2. The zero-order valence-corrected chi connectivity index (χ0v) is 17.0. The Bertz CT molecular complexity index is 1250. The van der Waals surface area contributed by atoms with Crippen LogP contribution in [0, 0.1) is 5.82 Å². The van der Waals surface area contributed by atoms with Crippen LogP contribution in [0.5, 0.6) is 0 Å². The van der Waals surface area contributed by atoms with Gasteiger partial charge in [-0.3, -0.25) is 14.2 Å². The molecule has 2 aromatic carbocycles. The molecular formula is C24H22FN5O. The Morgan fingerprint density at radius 1 is 1.13 bits per heavy atom. The van der Waals surface area contributed by atoms with Gasteiger partial charge in [0.05, 0.1) is 6.20 Å². The minimum atomic E-state index is -0.320. The molecule has 0 atom stereocenters. The highest BCUT2D eigenvalue weighted by Crippen LogP contribution is 2.29. The summed E-state index contributed by atoms with van der Waals surface area (Å²) in [6, 6.07) is 14.6. The number of hydrogen-bond acceptors (Lipinski definition) is 4. The van der Waals surface area contributed by atoms with Gasteiger partial charge in [-0.1, -0.05) is 36.4 Å². The van der Waals surface area contributed by atoms with E-state index in [-0.39, 0.29) is 11.7 Å². The van der Waals surface area contributed by atoms with Crippen LogP contribution in [0.1, 0.15) is 17.5 Å². The van der Waals surface area contributed by atoms with Crippen LogP contribution in [0.3, 0.4) is 0 Å². The third-order valence-corrected chi connectivity index (χ3v) is 5.64. The molecular weight excluding hydrogens is 393 g/mol. The molecule has 0 bridgehead atoms. The second-order valence-electron chi connectivity index (χ2n) is 7.63. The highest BCUT2D eigenvalue weighted by atomic mass is 19.1. The van der Waals surface area contributed by atoms with E-state index in [2.05, 4.69) is 27.4 Å². The third kappa shape index (κ3) is 3.86. The first-order valence-corrected chi connectivity index (χ1v) is 10.4. The first-order chi connectivity index (χ1) is 15.2. The molecule has 0 saturated carbocycles. The molecule has 156 valence electrons. The summed E-state index contributed by atoms with van der Waals surface area (Å²) in [7, 11) is 0. The van der Waals surface area contributed by atoms with Crippen LogP contribution in [-0.2, 0) is 17.8 Å². The van der Waals surface area contributed by atoms with Crippen molar-refractivity contribution in [1.29, 1.82) is 0 Å². The molecule has 0 aliphatic carbocycles. The van der Waals surface area contributed by atoms with Crippen LogP contribution in [-0.4, -0.2) is 38.3 Å².